The number of carbonyl (C=O) groups is 13. The zero-order chi connectivity index (χ0) is 70.1. The molecule has 6 rings (SSSR count). The van der Waals surface area contributed by atoms with Gasteiger partial charge in [-0.1, -0.05) is 53.2 Å². The maximum absolute atomic E-state index is 15.7. The number of amides is 10. The summed E-state index contributed by atoms with van der Waals surface area (Å²) in [5.74, 6) is -17.7. The Labute approximate surface area is 550 Å². The number of aromatic nitrogens is 1. The van der Waals surface area contributed by atoms with Gasteiger partial charge in [0.2, 0.25) is 47.3 Å². The fraction of sp³-hybridized carbons (Fsp3) is 0.571. The maximum atomic E-state index is 15.7. The number of hydrogen-bond donors (Lipinski definition) is 16. The van der Waals surface area contributed by atoms with Crippen molar-refractivity contribution < 1.29 is 87.0 Å². The Morgan fingerprint density at radius 1 is 0.832 bits per heavy atom. The van der Waals surface area contributed by atoms with Crippen LogP contribution < -0.4 is 59.7 Å². The number of Topliss-reactive ketones (excluding diaryl/α,β-unsaturated/α-hetero) is 4. The molecule has 3 aliphatic heterocycles. The lowest BCUT2D eigenvalue weighted by molar-refractivity contribution is -0.138. The third-order valence-corrected chi connectivity index (χ3v) is 19.1. The predicted molar refractivity (Wildman–Crippen MR) is 343 cm³/mol. The molecule has 2 bridgehead atoms. The van der Waals surface area contributed by atoms with Gasteiger partial charge in [0.25, 0.3) is 0 Å². The molecule has 95 heavy (non-hydrogen) atoms. The molecule has 1 aromatic heterocycles. The lowest BCUT2D eigenvalue weighted by atomic mass is 9.85. The number of anilines is 1. The van der Waals surface area contributed by atoms with E-state index in [1.165, 1.54) is 54.3 Å². The normalized spacial score (nSPS) is 24.8. The van der Waals surface area contributed by atoms with Gasteiger partial charge >= 0.3 is 6.03 Å². The number of phenols is 1. The number of urea groups is 1. The van der Waals surface area contributed by atoms with E-state index < -0.39 is 229 Å². The van der Waals surface area contributed by atoms with Crippen LogP contribution in [0.1, 0.15) is 97.1 Å². The number of rotatable bonds is 21. The first-order valence-corrected chi connectivity index (χ1v) is 33.0. The second-order valence-corrected chi connectivity index (χ2v) is 26.5. The lowest BCUT2D eigenvalue weighted by Crippen LogP contribution is -2.57. The van der Waals surface area contributed by atoms with Gasteiger partial charge in [-0.25, -0.2) is 4.79 Å². The van der Waals surface area contributed by atoms with Crippen molar-refractivity contribution in [3.63, 3.8) is 0 Å². The molecule has 10 amide bonds. The maximum Gasteiger partial charge on any atom is 0.312 e. The molecule has 31 nitrogen and oxygen atoms in total. The lowest BCUT2D eigenvalue weighted by Gasteiger charge is -2.35. The van der Waals surface area contributed by atoms with E-state index in [0.29, 0.717) is 12.0 Å². The molecule has 4 unspecified atom stereocenters. The molecule has 3 aliphatic rings. The Bertz CT molecular complexity index is 3380. The van der Waals surface area contributed by atoms with E-state index in [4.69, 9.17) is 17.2 Å². The zero-order valence-electron chi connectivity index (χ0n) is 53.7. The largest absolute Gasteiger partial charge is 0.508 e. The molecule has 520 valence electrons. The smallest absolute Gasteiger partial charge is 0.312 e. The molecule has 0 spiro atoms. The molecule has 0 saturated carbocycles. The average molecular weight is 1350 g/mol. The fourth-order valence-electron chi connectivity index (χ4n) is 12.1. The first kappa shape index (κ1) is 75.5. The minimum absolute atomic E-state index is 0.0660. The quantitative estimate of drug-likeness (QED) is 0.0472. The number of ketones is 4. The molecule has 14 atom stereocenters. The highest BCUT2D eigenvalue weighted by Crippen LogP contribution is 2.34. The first-order valence-electron chi connectivity index (χ1n) is 31.6. The number of carbonyl (C=O) groups excluding carboxylic acids is 13. The second kappa shape index (κ2) is 34.7. The summed E-state index contributed by atoms with van der Waals surface area (Å²) in [4.78, 5) is 186. The summed E-state index contributed by atoms with van der Waals surface area (Å²) in [5.41, 5.74) is 17.3. The van der Waals surface area contributed by atoms with Crippen molar-refractivity contribution in [1.82, 2.24) is 47.1 Å². The van der Waals surface area contributed by atoms with E-state index in [2.05, 4.69) is 47.5 Å². The second-order valence-electron chi connectivity index (χ2n) is 25.1. The number of benzene rings is 2. The molecule has 4 heterocycles. The minimum atomic E-state index is -2.44. The monoisotopic (exact) mass is 1350 g/mol. The number of aromatic amines is 1. The zero-order valence-corrected chi connectivity index (χ0v) is 54.6. The number of nitrogens with zero attached hydrogens (tertiary/aromatic N) is 1. The summed E-state index contributed by atoms with van der Waals surface area (Å²) in [6, 6.07) is 0.158. The SMILES string of the molecule is CC[C@H](C)[C@@H]1NC(=O)CNC(=O)C2CC(=O)[C@H]([C@@H](C)[C@@H](O)CO)NC(=O)[C@@H]3CC(O)CN3C(Cc3ccc(NC(=O)[C@@H](CCCNC(N)=O)CC(=O)[C@H](NC(=O)CN)C(C)C)cc3)C(=O)[C@H](CC(N)=O)CC(=O)C(C[S@@](=O)c3[nH]c4cc(O)ccc4c3C2)NC(=O)CNC1=O. The number of aromatic hydroxyl groups is 1. The van der Waals surface area contributed by atoms with Crippen LogP contribution in [0, 0.1) is 35.5 Å². The van der Waals surface area contributed by atoms with Crippen molar-refractivity contribution in [3.8, 4) is 5.75 Å². The topological polar surface area (TPSA) is 513 Å². The van der Waals surface area contributed by atoms with Crippen LogP contribution in [-0.4, -0.2) is 204 Å². The van der Waals surface area contributed by atoms with E-state index in [1.807, 2.05) is 0 Å². The van der Waals surface area contributed by atoms with Crippen LogP contribution in [0.5, 0.6) is 5.75 Å². The molecule has 3 aromatic rings. The van der Waals surface area contributed by atoms with Crippen LogP contribution >= 0.6 is 0 Å². The number of nitrogens with two attached hydrogens (primary N) is 3. The molecule has 1 fully saturated rings. The first-order chi connectivity index (χ1) is 44.9. The Morgan fingerprint density at radius 3 is 2.14 bits per heavy atom. The van der Waals surface area contributed by atoms with E-state index in [-0.39, 0.29) is 77.6 Å². The summed E-state index contributed by atoms with van der Waals surface area (Å²) < 4.78 is 15.1. The third-order valence-electron chi connectivity index (χ3n) is 17.7. The number of phenolic OH excluding ortho intramolecular Hbond substituents is 1. The van der Waals surface area contributed by atoms with E-state index in [9.17, 15) is 63.6 Å². The van der Waals surface area contributed by atoms with E-state index in [1.54, 1.807) is 27.7 Å². The van der Waals surface area contributed by atoms with Crippen molar-refractivity contribution >= 4 is 104 Å². The Balaban J connectivity index is 1.49. The van der Waals surface area contributed by atoms with Crippen LogP contribution in [0.3, 0.4) is 0 Å². The van der Waals surface area contributed by atoms with Gasteiger partial charge in [0.15, 0.2) is 23.1 Å². The average Bonchev–Trinajstić information content (AvgIpc) is 1.65. The molecule has 32 heteroatoms. The number of H-pyrrole nitrogens is 1. The highest BCUT2D eigenvalue weighted by atomic mass is 32.2. The number of aliphatic hydroxyl groups excluding tert-OH is 3. The van der Waals surface area contributed by atoms with Gasteiger partial charge in [0.1, 0.15) is 16.8 Å². The molecule has 2 aromatic carbocycles. The van der Waals surface area contributed by atoms with Crippen molar-refractivity contribution in [2.75, 3.05) is 50.4 Å². The van der Waals surface area contributed by atoms with Crippen molar-refractivity contribution in [3.05, 3.63) is 53.6 Å². The van der Waals surface area contributed by atoms with Gasteiger partial charge in [0.05, 0.1) is 90.7 Å². The van der Waals surface area contributed by atoms with Gasteiger partial charge in [0, 0.05) is 79.6 Å². The fourth-order valence-corrected chi connectivity index (χ4v) is 13.6. The number of fused-ring (bicyclic) bond motifs is 5. The van der Waals surface area contributed by atoms with Gasteiger partial charge in [-0.3, -0.25) is 66.6 Å². The van der Waals surface area contributed by atoms with E-state index >= 15 is 23.4 Å². The molecular weight excluding hydrogens is 1260 g/mol. The Hall–Kier alpha value is -8.56. The summed E-state index contributed by atoms with van der Waals surface area (Å²) in [6.07, 6.45) is -6.51. The van der Waals surface area contributed by atoms with Crippen molar-refractivity contribution in [2.45, 2.75) is 152 Å². The van der Waals surface area contributed by atoms with Gasteiger partial charge in [-0.15, -0.1) is 0 Å². The van der Waals surface area contributed by atoms with Gasteiger partial charge in [-0.05, 0) is 79.3 Å². The highest BCUT2D eigenvalue weighted by Gasteiger charge is 2.47. The summed E-state index contributed by atoms with van der Waals surface area (Å²) in [5, 5.41) is 64.2. The van der Waals surface area contributed by atoms with Crippen molar-refractivity contribution in [1.29, 1.82) is 0 Å². The molecule has 0 aliphatic carbocycles. The number of nitrogens with one attached hydrogen (secondary N) is 9. The summed E-state index contributed by atoms with van der Waals surface area (Å²) in [6.45, 7) is 4.88. The predicted octanol–water partition coefficient (Wildman–Crippen LogP) is -3.02. The van der Waals surface area contributed by atoms with Crippen LogP contribution in [0.15, 0.2) is 47.5 Å². The number of primary amides is 2. The number of aliphatic hydroxyl groups is 3. The van der Waals surface area contributed by atoms with E-state index in [0.717, 1.165) is 0 Å². The number of hydrogen-bond acceptors (Lipinski definition) is 20. The molecule has 19 N–H and O–H groups in total. The molecule has 0 radical (unpaired) electrons. The standard InChI is InChI=1S/C63H89N13O18S/c1-6-31(4)55-61(92)69-25-52(86)71-43-29-95(94)62-41(40-14-13-38(78)22-42(40)72-62)17-36(58(89)68-26-53(87)74-55)20-48(82)56(32(5)49(83)28-77)75-60(91)45-23-39(79)27-76(45)44(57(88)35(19-46(43)80)21-50(65)84)16-33-9-11-37(12-10-33)70-59(90)34(8-7-15-67-63(66)93)18-47(81)54(30(2)3)73-51(85)24-64/h9-14,22,30-32,34-36,39,43-45,49,54-56,72,77-79,83H,6-8,15-21,23-29,64H2,1-5H3,(H2,65,84)(H,68,89)(H,69,92)(H,70,90)(H,71,86)(H,73,85)(H,74,87)(H,75,91)(H3,66,67,93)/t31-,32-,34-,35-,36?,39?,43?,44?,45-,49-,54+,55-,56-,95+/m0/s1. The van der Waals surface area contributed by atoms with Crippen LogP contribution in [0.4, 0.5) is 10.5 Å². The van der Waals surface area contributed by atoms with Gasteiger partial charge in [-0.2, -0.15) is 0 Å². The van der Waals surface area contributed by atoms with Crippen LogP contribution in [0.2, 0.25) is 0 Å². The van der Waals surface area contributed by atoms with Gasteiger partial charge < -0.3 is 85.1 Å². The summed E-state index contributed by atoms with van der Waals surface area (Å²) in [7, 11) is -2.44. The van der Waals surface area contributed by atoms with Crippen molar-refractivity contribution in [2.24, 2.45) is 52.7 Å². The highest BCUT2D eigenvalue weighted by molar-refractivity contribution is 7.85. The van der Waals surface area contributed by atoms with Crippen LogP contribution in [-0.2, 0) is 81.2 Å². The Morgan fingerprint density at radius 2 is 1.51 bits per heavy atom. The summed E-state index contributed by atoms with van der Waals surface area (Å²) >= 11 is 0. The molecule has 1 saturated heterocycles. The molecular formula is C63H89N13O18S. The minimum Gasteiger partial charge on any atom is -0.508 e. The van der Waals surface area contributed by atoms with Crippen LogP contribution in [0.25, 0.3) is 10.9 Å². The third kappa shape index (κ3) is 20.7. The Kier molecular flexibility index (Phi) is 27.6.